The van der Waals surface area contributed by atoms with Crippen molar-refractivity contribution in [3.63, 3.8) is 0 Å². The smallest absolute Gasteiger partial charge is 0.248 e. The van der Waals surface area contributed by atoms with Crippen LogP contribution in [0, 0.1) is 0 Å². The molecule has 0 heterocycles. The molecule has 2 aromatic carbocycles. The molecule has 0 aliphatic heterocycles. The van der Waals surface area contributed by atoms with E-state index in [4.69, 9.17) is 18.0 Å². The number of carbonyl (C=O) groups excluding carboxylic acids is 1. The van der Waals surface area contributed by atoms with E-state index in [0.29, 0.717) is 10.7 Å². The molecule has 120 valence electrons. The minimum absolute atomic E-state index is 0.0807. The van der Waals surface area contributed by atoms with Gasteiger partial charge in [0.15, 0.2) is 5.11 Å². The Morgan fingerprint density at radius 3 is 2.17 bits per heavy atom. The quantitative estimate of drug-likeness (QED) is 0.748. The molecule has 23 heavy (non-hydrogen) atoms. The first kappa shape index (κ1) is 17.0. The van der Waals surface area contributed by atoms with Crippen molar-refractivity contribution in [3.8, 4) is 0 Å². The third-order valence-corrected chi connectivity index (χ3v) is 3.62. The maximum Gasteiger partial charge on any atom is 0.248 e. The van der Waals surface area contributed by atoms with Crippen molar-refractivity contribution >= 4 is 34.6 Å². The van der Waals surface area contributed by atoms with Gasteiger partial charge in [0.1, 0.15) is 0 Å². The van der Waals surface area contributed by atoms with Gasteiger partial charge in [-0.1, -0.05) is 32.9 Å². The van der Waals surface area contributed by atoms with Crippen LogP contribution in [0.5, 0.6) is 0 Å². The minimum atomic E-state index is -0.448. The Labute approximate surface area is 142 Å². The van der Waals surface area contributed by atoms with Crippen LogP contribution in [0.1, 0.15) is 36.7 Å². The van der Waals surface area contributed by atoms with Crippen molar-refractivity contribution in [2.24, 2.45) is 5.73 Å². The van der Waals surface area contributed by atoms with Crippen LogP contribution in [0.3, 0.4) is 0 Å². The lowest BCUT2D eigenvalue weighted by atomic mass is 9.87. The van der Waals surface area contributed by atoms with E-state index >= 15 is 0 Å². The predicted molar refractivity (Wildman–Crippen MR) is 99.9 cm³/mol. The highest BCUT2D eigenvalue weighted by atomic mass is 32.1. The zero-order valence-corrected chi connectivity index (χ0v) is 14.3. The van der Waals surface area contributed by atoms with Gasteiger partial charge in [-0.15, -0.1) is 0 Å². The fourth-order valence-corrected chi connectivity index (χ4v) is 2.31. The van der Waals surface area contributed by atoms with E-state index in [1.54, 1.807) is 24.3 Å². The van der Waals surface area contributed by atoms with Gasteiger partial charge in [-0.25, -0.2) is 0 Å². The number of anilines is 2. The molecular formula is C18H21N3OS. The van der Waals surface area contributed by atoms with Gasteiger partial charge in [0.25, 0.3) is 0 Å². The van der Waals surface area contributed by atoms with Crippen molar-refractivity contribution in [3.05, 3.63) is 59.7 Å². The lowest BCUT2D eigenvalue weighted by Gasteiger charge is -2.20. The second kappa shape index (κ2) is 6.79. The zero-order valence-electron chi connectivity index (χ0n) is 13.5. The molecule has 0 bridgehead atoms. The van der Waals surface area contributed by atoms with Crippen molar-refractivity contribution in [2.75, 3.05) is 10.6 Å². The number of benzene rings is 2. The van der Waals surface area contributed by atoms with Gasteiger partial charge in [0.2, 0.25) is 5.91 Å². The highest BCUT2D eigenvalue weighted by Gasteiger charge is 2.13. The molecule has 0 atom stereocenters. The monoisotopic (exact) mass is 327 g/mol. The van der Waals surface area contributed by atoms with Crippen LogP contribution < -0.4 is 16.4 Å². The Kier molecular flexibility index (Phi) is 5.01. The summed E-state index contributed by atoms with van der Waals surface area (Å²) in [5.74, 6) is -0.448. The number of amides is 1. The van der Waals surface area contributed by atoms with Crippen LogP contribution in [0.15, 0.2) is 48.5 Å². The van der Waals surface area contributed by atoms with E-state index in [2.05, 4.69) is 43.5 Å². The van der Waals surface area contributed by atoms with Crippen molar-refractivity contribution in [1.82, 2.24) is 0 Å². The average Bonchev–Trinajstić information content (AvgIpc) is 2.47. The molecule has 5 heteroatoms. The van der Waals surface area contributed by atoms with Gasteiger partial charge in [-0.05, 0) is 59.6 Å². The SMILES string of the molecule is CC(C)(C)c1cccc(NC(=S)Nc2ccc(C(N)=O)cc2)c1. The molecular weight excluding hydrogens is 306 g/mol. The first-order valence-electron chi connectivity index (χ1n) is 7.34. The van der Waals surface area contributed by atoms with Crippen LogP contribution >= 0.6 is 12.2 Å². The average molecular weight is 327 g/mol. The highest BCUT2D eigenvalue weighted by Crippen LogP contribution is 2.24. The molecule has 0 fully saturated rings. The number of primary amides is 1. The molecule has 0 spiro atoms. The summed E-state index contributed by atoms with van der Waals surface area (Å²) in [6.45, 7) is 6.51. The maximum atomic E-state index is 11.1. The largest absolute Gasteiger partial charge is 0.366 e. The normalized spacial score (nSPS) is 10.9. The number of rotatable bonds is 3. The molecule has 2 aromatic rings. The summed E-state index contributed by atoms with van der Waals surface area (Å²) in [5.41, 5.74) is 8.72. The predicted octanol–water partition coefficient (Wildman–Crippen LogP) is 3.89. The molecule has 0 saturated heterocycles. The minimum Gasteiger partial charge on any atom is -0.366 e. The number of nitrogens with one attached hydrogen (secondary N) is 2. The highest BCUT2D eigenvalue weighted by molar-refractivity contribution is 7.80. The number of carbonyl (C=O) groups is 1. The summed E-state index contributed by atoms with van der Waals surface area (Å²) >= 11 is 5.33. The Balaban J connectivity index is 2.03. The number of nitrogens with two attached hydrogens (primary N) is 1. The lowest BCUT2D eigenvalue weighted by Crippen LogP contribution is -2.20. The third-order valence-electron chi connectivity index (χ3n) is 3.41. The summed E-state index contributed by atoms with van der Waals surface area (Å²) < 4.78 is 0. The molecule has 2 rings (SSSR count). The zero-order chi connectivity index (χ0) is 17.0. The van der Waals surface area contributed by atoms with Gasteiger partial charge in [0.05, 0.1) is 0 Å². The Hall–Kier alpha value is -2.40. The third kappa shape index (κ3) is 4.79. The standard InChI is InChI=1S/C18H21N3OS/c1-18(2,3)13-5-4-6-15(11-13)21-17(23)20-14-9-7-12(8-10-14)16(19)22/h4-11H,1-3H3,(H2,19,22)(H2,20,21,23). The van der Waals surface area contributed by atoms with E-state index in [1.807, 2.05) is 12.1 Å². The van der Waals surface area contributed by atoms with E-state index in [9.17, 15) is 4.79 Å². The van der Waals surface area contributed by atoms with Crippen LogP contribution in [0.4, 0.5) is 11.4 Å². The van der Waals surface area contributed by atoms with E-state index in [-0.39, 0.29) is 5.41 Å². The molecule has 4 nitrogen and oxygen atoms in total. The molecule has 0 aromatic heterocycles. The Bertz CT molecular complexity index is 718. The van der Waals surface area contributed by atoms with Crippen LogP contribution in [-0.4, -0.2) is 11.0 Å². The van der Waals surface area contributed by atoms with Gasteiger partial charge < -0.3 is 16.4 Å². The van der Waals surface area contributed by atoms with Gasteiger partial charge in [-0.3, -0.25) is 4.79 Å². The second-order valence-electron chi connectivity index (χ2n) is 6.35. The van der Waals surface area contributed by atoms with Crippen LogP contribution in [0.25, 0.3) is 0 Å². The molecule has 0 aliphatic carbocycles. The van der Waals surface area contributed by atoms with Crippen molar-refractivity contribution < 1.29 is 4.79 Å². The molecule has 0 aliphatic rings. The molecule has 0 saturated carbocycles. The van der Waals surface area contributed by atoms with E-state index in [0.717, 1.165) is 11.4 Å². The van der Waals surface area contributed by atoms with E-state index in [1.165, 1.54) is 5.56 Å². The summed E-state index contributed by atoms with van der Waals surface area (Å²) in [7, 11) is 0. The van der Waals surface area contributed by atoms with Gasteiger partial charge >= 0.3 is 0 Å². The summed E-state index contributed by atoms with van der Waals surface area (Å²) in [5, 5.41) is 6.74. The first-order valence-corrected chi connectivity index (χ1v) is 7.75. The van der Waals surface area contributed by atoms with Crippen LogP contribution in [-0.2, 0) is 5.41 Å². The number of thiocarbonyl (C=S) groups is 1. The van der Waals surface area contributed by atoms with Crippen molar-refractivity contribution in [2.45, 2.75) is 26.2 Å². The fraction of sp³-hybridized carbons (Fsp3) is 0.222. The fourth-order valence-electron chi connectivity index (χ4n) is 2.07. The summed E-state index contributed by atoms with van der Waals surface area (Å²) in [4.78, 5) is 11.1. The van der Waals surface area contributed by atoms with Crippen molar-refractivity contribution in [1.29, 1.82) is 0 Å². The van der Waals surface area contributed by atoms with Gasteiger partial charge in [0, 0.05) is 16.9 Å². The van der Waals surface area contributed by atoms with Gasteiger partial charge in [-0.2, -0.15) is 0 Å². The maximum absolute atomic E-state index is 11.1. The Morgan fingerprint density at radius 2 is 1.61 bits per heavy atom. The summed E-state index contributed by atoms with van der Waals surface area (Å²) in [6, 6.07) is 15.0. The van der Waals surface area contributed by atoms with E-state index < -0.39 is 5.91 Å². The number of hydrogen-bond acceptors (Lipinski definition) is 2. The summed E-state index contributed by atoms with van der Waals surface area (Å²) in [6.07, 6.45) is 0. The lowest BCUT2D eigenvalue weighted by molar-refractivity contribution is 0.100. The first-order chi connectivity index (χ1) is 10.8. The second-order valence-corrected chi connectivity index (χ2v) is 6.76. The molecule has 0 radical (unpaired) electrons. The molecule has 0 unspecified atom stereocenters. The molecule has 1 amide bonds. The molecule has 4 N–H and O–H groups in total. The Morgan fingerprint density at radius 1 is 1.00 bits per heavy atom. The van der Waals surface area contributed by atoms with Crippen LogP contribution in [0.2, 0.25) is 0 Å². The number of hydrogen-bond donors (Lipinski definition) is 3. The topological polar surface area (TPSA) is 67.2 Å².